The molecule has 3 heteroatoms. The highest BCUT2D eigenvalue weighted by Gasteiger charge is 2.44. The van der Waals surface area contributed by atoms with Crippen molar-refractivity contribution in [3.63, 3.8) is 0 Å². The lowest BCUT2D eigenvalue weighted by Crippen LogP contribution is -2.58. The van der Waals surface area contributed by atoms with Crippen molar-refractivity contribution in [2.75, 3.05) is 0 Å². The maximum Gasteiger partial charge on any atom is 0.357 e. The number of carbonyl (C=O) groups is 1. The smallest absolute Gasteiger partial charge is 0.357 e. The van der Waals surface area contributed by atoms with Crippen LogP contribution in [0.4, 0.5) is 0 Å². The molecule has 1 aliphatic heterocycles. The molecule has 0 atom stereocenters. The first-order chi connectivity index (χ1) is 11.8. The first kappa shape index (κ1) is 20.0. The Kier molecular flexibility index (Phi) is 6.67. The zero-order valence-corrected chi connectivity index (χ0v) is 16.7. The van der Waals surface area contributed by atoms with Crippen LogP contribution in [0.1, 0.15) is 95.5 Å². The van der Waals surface area contributed by atoms with E-state index in [-0.39, 0.29) is 17.0 Å². The van der Waals surface area contributed by atoms with Gasteiger partial charge in [0, 0.05) is 0 Å². The van der Waals surface area contributed by atoms with Crippen molar-refractivity contribution in [3.05, 3.63) is 35.4 Å². The number of hydrogen-bond donors (Lipinski definition) is 0. The molecular formula is C22H35NO2. The Balaban J connectivity index is 1.98. The van der Waals surface area contributed by atoms with Gasteiger partial charge in [0.25, 0.3) is 0 Å². The second kappa shape index (κ2) is 8.35. The summed E-state index contributed by atoms with van der Waals surface area (Å²) < 4.78 is 0. The molecule has 0 aromatic heterocycles. The molecule has 0 unspecified atom stereocenters. The molecule has 0 amide bonds. The highest BCUT2D eigenvalue weighted by atomic mass is 16.7. The molecule has 2 rings (SSSR count). The summed E-state index contributed by atoms with van der Waals surface area (Å²) in [6, 6.07) is 7.94. The van der Waals surface area contributed by atoms with Crippen molar-refractivity contribution >= 4 is 5.97 Å². The van der Waals surface area contributed by atoms with Gasteiger partial charge in [-0.25, -0.2) is 4.79 Å². The first-order valence-corrected chi connectivity index (χ1v) is 9.88. The molecule has 1 saturated heterocycles. The van der Waals surface area contributed by atoms with Crippen LogP contribution in [-0.2, 0) is 11.3 Å². The molecule has 0 spiro atoms. The average molecular weight is 346 g/mol. The molecule has 1 aromatic rings. The number of hydroxylamine groups is 2. The molecular weight excluding hydrogens is 310 g/mol. The molecule has 1 heterocycles. The van der Waals surface area contributed by atoms with Gasteiger partial charge in [-0.15, -0.1) is 5.06 Å². The first-order valence-electron chi connectivity index (χ1n) is 9.88. The van der Waals surface area contributed by atoms with Gasteiger partial charge in [-0.1, -0.05) is 38.3 Å². The van der Waals surface area contributed by atoms with Gasteiger partial charge in [0.1, 0.15) is 0 Å². The van der Waals surface area contributed by atoms with E-state index in [1.165, 1.54) is 37.7 Å². The zero-order valence-electron chi connectivity index (χ0n) is 16.7. The summed E-state index contributed by atoms with van der Waals surface area (Å²) >= 11 is 0. The number of aryl methyl sites for hydroxylation is 1. The molecule has 0 saturated carbocycles. The summed E-state index contributed by atoms with van der Waals surface area (Å²) in [5.74, 6) is -0.249. The highest BCUT2D eigenvalue weighted by Crippen LogP contribution is 2.38. The standard InChI is InChI=1S/C22H35NO2/c1-6-7-8-9-11-18-12-14-19(15-13-18)20(24)25-23-21(2,3)16-10-17-22(23,4)5/h12-15H,6-11,16-17H2,1-5H3. The lowest BCUT2D eigenvalue weighted by molar-refractivity contribution is -0.240. The van der Waals surface area contributed by atoms with Crippen molar-refractivity contribution in [1.82, 2.24) is 5.06 Å². The van der Waals surface area contributed by atoms with Crippen molar-refractivity contribution in [2.24, 2.45) is 0 Å². The lowest BCUT2D eigenvalue weighted by atomic mass is 9.82. The van der Waals surface area contributed by atoms with Gasteiger partial charge in [-0.3, -0.25) is 0 Å². The Morgan fingerprint density at radius 3 is 2.16 bits per heavy atom. The van der Waals surface area contributed by atoms with E-state index >= 15 is 0 Å². The topological polar surface area (TPSA) is 29.5 Å². The molecule has 0 N–H and O–H groups in total. The van der Waals surface area contributed by atoms with Gasteiger partial charge in [0.05, 0.1) is 16.6 Å². The number of piperidine rings is 1. The van der Waals surface area contributed by atoms with E-state index in [2.05, 4.69) is 46.8 Å². The quantitative estimate of drug-likeness (QED) is 0.574. The van der Waals surface area contributed by atoms with E-state index in [9.17, 15) is 4.79 Å². The molecule has 1 aliphatic rings. The van der Waals surface area contributed by atoms with Crippen LogP contribution >= 0.6 is 0 Å². The highest BCUT2D eigenvalue weighted by molar-refractivity contribution is 5.89. The second-order valence-electron chi connectivity index (χ2n) is 8.66. The van der Waals surface area contributed by atoms with E-state index in [4.69, 9.17) is 4.84 Å². The molecule has 0 aliphatic carbocycles. The van der Waals surface area contributed by atoms with Crippen LogP contribution in [0.25, 0.3) is 0 Å². The summed E-state index contributed by atoms with van der Waals surface area (Å²) in [6.45, 7) is 10.8. The summed E-state index contributed by atoms with van der Waals surface area (Å²) in [6.07, 6.45) is 9.39. The summed E-state index contributed by atoms with van der Waals surface area (Å²) in [5.41, 5.74) is 1.67. The minimum Gasteiger partial charge on any atom is -0.363 e. The molecule has 1 aromatic carbocycles. The monoisotopic (exact) mass is 345 g/mol. The number of hydrogen-bond acceptors (Lipinski definition) is 3. The Morgan fingerprint density at radius 2 is 1.60 bits per heavy atom. The van der Waals surface area contributed by atoms with Gasteiger partial charge in [0.2, 0.25) is 0 Å². The molecule has 25 heavy (non-hydrogen) atoms. The maximum atomic E-state index is 12.6. The van der Waals surface area contributed by atoms with Crippen molar-refractivity contribution in [3.8, 4) is 0 Å². The number of rotatable bonds is 7. The van der Waals surface area contributed by atoms with Crippen LogP contribution in [-0.4, -0.2) is 22.1 Å². The molecule has 0 bridgehead atoms. The van der Waals surface area contributed by atoms with Gasteiger partial charge in [-0.05, 0) is 77.5 Å². The van der Waals surface area contributed by atoms with Crippen molar-refractivity contribution in [1.29, 1.82) is 0 Å². The normalized spacial score (nSPS) is 19.6. The predicted molar refractivity (Wildman–Crippen MR) is 104 cm³/mol. The molecule has 1 fully saturated rings. The van der Waals surface area contributed by atoms with Crippen LogP contribution in [0.3, 0.4) is 0 Å². The van der Waals surface area contributed by atoms with Crippen LogP contribution < -0.4 is 0 Å². The number of nitrogens with zero attached hydrogens (tertiary/aromatic N) is 1. The van der Waals surface area contributed by atoms with Crippen LogP contribution in [0.15, 0.2) is 24.3 Å². The third-order valence-electron chi connectivity index (χ3n) is 5.36. The van der Waals surface area contributed by atoms with Gasteiger partial charge < -0.3 is 4.84 Å². The van der Waals surface area contributed by atoms with E-state index in [1.807, 2.05) is 17.2 Å². The predicted octanol–water partition coefficient (Wildman–Crippen LogP) is 5.92. The fourth-order valence-corrected chi connectivity index (χ4v) is 3.92. The second-order valence-corrected chi connectivity index (χ2v) is 8.66. The van der Waals surface area contributed by atoms with E-state index in [0.29, 0.717) is 5.56 Å². The van der Waals surface area contributed by atoms with Crippen LogP contribution in [0.2, 0.25) is 0 Å². The number of unbranched alkanes of at least 4 members (excludes halogenated alkanes) is 3. The third-order valence-corrected chi connectivity index (χ3v) is 5.36. The summed E-state index contributed by atoms with van der Waals surface area (Å²) in [7, 11) is 0. The minimum absolute atomic E-state index is 0.128. The largest absolute Gasteiger partial charge is 0.363 e. The lowest BCUT2D eigenvalue weighted by Gasteiger charge is -2.50. The SMILES string of the molecule is CCCCCCc1ccc(C(=O)ON2C(C)(C)CCCC2(C)C)cc1. The summed E-state index contributed by atoms with van der Waals surface area (Å²) in [5, 5.41) is 1.92. The Morgan fingerprint density at radius 1 is 1.00 bits per heavy atom. The van der Waals surface area contributed by atoms with Gasteiger partial charge in [-0.2, -0.15) is 0 Å². The number of benzene rings is 1. The van der Waals surface area contributed by atoms with Crippen molar-refractivity contribution < 1.29 is 9.63 Å². The maximum absolute atomic E-state index is 12.6. The third kappa shape index (κ3) is 5.31. The zero-order chi connectivity index (χ0) is 18.5. The van der Waals surface area contributed by atoms with Gasteiger partial charge >= 0.3 is 5.97 Å². The van der Waals surface area contributed by atoms with E-state index in [1.54, 1.807) is 0 Å². The Hall–Kier alpha value is -1.35. The number of carbonyl (C=O) groups excluding carboxylic acids is 1. The Labute approximate surface area is 153 Å². The minimum atomic E-state index is -0.249. The molecule has 0 radical (unpaired) electrons. The van der Waals surface area contributed by atoms with Gasteiger partial charge in [0.15, 0.2) is 0 Å². The Bertz CT molecular complexity index is 544. The molecule has 3 nitrogen and oxygen atoms in total. The van der Waals surface area contributed by atoms with Crippen LogP contribution in [0.5, 0.6) is 0 Å². The van der Waals surface area contributed by atoms with Crippen LogP contribution in [0, 0.1) is 0 Å². The fraction of sp³-hybridized carbons (Fsp3) is 0.682. The van der Waals surface area contributed by atoms with E-state index in [0.717, 1.165) is 19.3 Å². The average Bonchev–Trinajstić information content (AvgIpc) is 2.55. The van der Waals surface area contributed by atoms with E-state index < -0.39 is 0 Å². The fourth-order valence-electron chi connectivity index (χ4n) is 3.92. The molecule has 140 valence electrons. The summed E-state index contributed by atoms with van der Waals surface area (Å²) in [4.78, 5) is 18.5. The van der Waals surface area contributed by atoms with Crippen molar-refractivity contribution in [2.45, 2.75) is 97.1 Å².